The Bertz CT molecular complexity index is 876. The number of nitrogens with one attached hydrogen (secondary N) is 1. The third-order valence-corrected chi connectivity index (χ3v) is 3.71. The maximum atomic E-state index is 12.9. The van der Waals surface area contributed by atoms with Gasteiger partial charge in [0.05, 0.1) is 5.69 Å². The zero-order chi connectivity index (χ0) is 18.5. The molecule has 1 aromatic carbocycles. The van der Waals surface area contributed by atoms with Crippen molar-refractivity contribution in [1.29, 1.82) is 0 Å². The lowest BCUT2D eigenvalue weighted by molar-refractivity contribution is -0.132. The van der Waals surface area contributed by atoms with Crippen molar-refractivity contribution < 1.29 is 14.3 Å². The fourth-order valence-corrected chi connectivity index (χ4v) is 2.48. The van der Waals surface area contributed by atoms with E-state index in [1.165, 1.54) is 11.9 Å². The van der Waals surface area contributed by atoms with Crippen LogP contribution in [0.4, 0.5) is 5.69 Å². The molecule has 0 aliphatic carbocycles. The van der Waals surface area contributed by atoms with E-state index in [9.17, 15) is 9.59 Å². The van der Waals surface area contributed by atoms with E-state index in [1.807, 2.05) is 18.2 Å². The molecule has 1 aromatic heterocycles. The number of para-hydroxylation sites is 1. The molecule has 1 aliphatic rings. The Morgan fingerprint density at radius 3 is 2.58 bits per heavy atom. The van der Waals surface area contributed by atoms with Crippen molar-refractivity contribution in [3.63, 3.8) is 0 Å². The van der Waals surface area contributed by atoms with Gasteiger partial charge in [0.15, 0.2) is 0 Å². The third kappa shape index (κ3) is 3.77. The standard InChI is InChI=1S/C19H18N4O3/c1-13(21-12-15-7-6-10-20-11-15)17-18(26-14(2)24)22-23(19(17)25)16-8-4-3-5-9-16/h3-11,21H,12H2,1-2H3. The molecule has 3 rings (SSSR count). The monoisotopic (exact) mass is 350 g/mol. The van der Waals surface area contributed by atoms with Gasteiger partial charge in [-0.2, -0.15) is 5.01 Å². The molecular weight excluding hydrogens is 332 g/mol. The summed E-state index contributed by atoms with van der Waals surface area (Å²) in [4.78, 5) is 28.3. The number of rotatable bonds is 4. The Balaban J connectivity index is 1.89. The van der Waals surface area contributed by atoms with E-state index in [1.54, 1.807) is 43.6 Å². The van der Waals surface area contributed by atoms with Crippen molar-refractivity contribution in [3.8, 4) is 0 Å². The molecule has 2 aromatic rings. The fraction of sp³-hybridized carbons (Fsp3) is 0.158. The van der Waals surface area contributed by atoms with E-state index in [4.69, 9.17) is 4.74 Å². The molecule has 0 atom stereocenters. The molecule has 132 valence electrons. The average Bonchev–Trinajstić information content (AvgIpc) is 2.97. The molecule has 7 heteroatoms. The average molecular weight is 350 g/mol. The lowest BCUT2D eigenvalue weighted by Crippen LogP contribution is -2.25. The quantitative estimate of drug-likeness (QED) is 0.676. The number of carbonyl (C=O) groups is 2. The molecule has 7 nitrogen and oxygen atoms in total. The maximum absolute atomic E-state index is 12.9. The van der Waals surface area contributed by atoms with E-state index in [-0.39, 0.29) is 17.4 Å². The summed E-state index contributed by atoms with van der Waals surface area (Å²) >= 11 is 0. The van der Waals surface area contributed by atoms with Crippen molar-refractivity contribution in [2.45, 2.75) is 20.4 Å². The summed E-state index contributed by atoms with van der Waals surface area (Å²) in [5, 5.41) is 8.58. The SMILES string of the molecule is CC(=O)OC1=NN(c2ccccc2)C(=O)C1=C(C)NCc1cccnc1. The molecule has 2 heterocycles. The number of hydrazone groups is 1. The van der Waals surface area contributed by atoms with E-state index in [0.717, 1.165) is 5.56 Å². The molecule has 0 unspecified atom stereocenters. The lowest BCUT2D eigenvalue weighted by Gasteiger charge is -2.12. The van der Waals surface area contributed by atoms with Gasteiger partial charge in [-0.25, -0.2) is 0 Å². The van der Waals surface area contributed by atoms with E-state index in [0.29, 0.717) is 17.9 Å². The molecule has 1 N–H and O–H groups in total. The third-order valence-electron chi connectivity index (χ3n) is 3.71. The zero-order valence-corrected chi connectivity index (χ0v) is 14.5. The number of amides is 1. The number of hydrogen-bond acceptors (Lipinski definition) is 6. The highest BCUT2D eigenvalue weighted by Gasteiger charge is 2.35. The first-order chi connectivity index (χ1) is 12.6. The highest BCUT2D eigenvalue weighted by molar-refractivity contribution is 6.29. The Morgan fingerprint density at radius 2 is 1.92 bits per heavy atom. The van der Waals surface area contributed by atoms with Gasteiger partial charge >= 0.3 is 5.97 Å². The van der Waals surface area contributed by atoms with Crippen LogP contribution in [0.2, 0.25) is 0 Å². The molecule has 0 fully saturated rings. The van der Waals surface area contributed by atoms with Gasteiger partial charge in [-0.1, -0.05) is 24.3 Å². The van der Waals surface area contributed by atoms with Crippen LogP contribution >= 0.6 is 0 Å². The van der Waals surface area contributed by atoms with Crippen molar-refractivity contribution in [1.82, 2.24) is 10.3 Å². The van der Waals surface area contributed by atoms with Gasteiger partial charge in [-0.3, -0.25) is 14.6 Å². The normalized spacial score (nSPS) is 15.5. The predicted octanol–water partition coefficient (Wildman–Crippen LogP) is 2.37. The van der Waals surface area contributed by atoms with Gasteiger partial charge in [0, 0.05) is 31.6 Å². The van der Waals surface area contributed by atoms with Crippen molar-refractivity contribution in [2.24, 2.45) is 5.10 Å². The van der Waals surface area contributed by atoms with Crippen LogP contribution in [-0.4, -0.2) is 22.8 Å². The fourth-order valence-electron chi connectivity index (χ4n) is 2.48. The van der Waals surface area contributed by atoms with Crippen molar-refractivity contribution in [2.75, 3.05) is 5.01 Å². The summed E-state index contributed by atoms with van der Waals surface area (Å²) in [5.41, 5.74) is 2.35. The first-order valence-electron chi connectivity index (χ1n) is 8.07. The predicted molar refractivity (Wildman–Crippen MR) is 96.9 cm³/mol. The Morgan fingerprint density at radius 1 is 1.15 bits per heavy atom. The number of anilines is 1. The highest BCUT2D eigenvalue weighted by atomic mass is 16.5. The molecule has 1 amide bonds. The second kappa shape index (κ2) is 7.60. The number of hydrogen-bond donors (Lipinski definition) is 1. The second-order valence-electron chi connectivity index (χ2n) is 5.67. The van der Waals surface area contributed by atoms with Crippen LogP contribution in [-0.2, 0) is 20.9 Å². The molecule has 26 heavy (non-hydrogen) atoms. The Kier molecular flexibility index (Phi) is 5.07. The van der Waals surface area contributed by atoms with Gasteiger partial charge in [0.25, 0.3) is 11.8 Å². The summed E-state index contributed by atoms with van der Waals surface area (Å²) in [6, 6.07) is 12.7. The number of aromatic nitrogens is 1. The van der Waals surface area contributed by atoms with E-state index in [2.05, 4.69) is 15.4 Å². The summed E-state index contributed by atoms with van der Waals surface area (Å²) in [7, 11) is 0. The van der Waals surface area contributed by atoms with Gasteiger partial charge in [0.1, 0.15) is 5.57 Å². The Hall–Kier alpha value is -3.48. The van der Waals surface area contributed by atoms with Crippen LogP contribution in [0.1, 0.15) is 19.4 Å². The number of pyridine rings is 1. The number of allylic oxidation sites excluding steroid dienone is 1. The topological polar surface area (TPSA) is 83.9 Å². The summed E-state index contributed by atoms with van der Waals surface area (Å²) in [5.74, 6) is -0.907. The summed E-state index contributed by atoms with van der Waals surface area (Å²) < 4.78 is 5.16. The molecule has 0 radical (unpaired) electrons. The summed E-state index contributed by atoms with van der Waals surface area (Å²) in [6.45, 7) is 3.50. The zero-order valence-electron chi connectivity index (χ0n) is 14.5. The van der Waals surface area contributed by atoms with Crippen LogP contribution in [0.5, 0.6) is 0 Å². The van der Waals surface area contributed by atoms with Crippen LogP contribution in [0.15, 0.2) is 71.2 Å². The van der Waals surface area contributed by atoms with Crippen LogP contribution in [0, 0.1) is 0 Å². The minimum atomic E-state index is -0.538. The molecule has 0 spiro atoms. The highest BCUT2D eigenvalue weighted by Crippen LogP contribution is 2.25. The van der Waals surface area contributed by atoms with Gasteiger partial charge < -0.3 is 10.1 Å². The maximum Gasteiger partial charge on any atom is 0.309 e. The number of esters is 1. The number of nitrogens with zero attached hydrogens (tertiary/aromatic N) is 3. The minimum Gasteiger partial charge on any atom is -0.405 e. The first kappa shape index (κ1) is 17.3. The largest absolute Gasteiger partial charge is 0.405 e. The van der Waals surface area contributed by atoms with Gasteiger partial charge in [0.2, 0.25) is 0 Å². The molecular formula is C19H18N4O3. The van der Waals surface area contributed by atoms with Crippen LogP contribution in [0.3, 0.4) is 0 Å². The van der Waals surface area contributed by atoms with Gasteiger partial charge in [-0.05, 0) is 30.7 Å². The van der Waals surface area contributed by atoms with Crippen molar-refractivity contribution >= 4 is 23.5 Å². The smallest absolute Gasteiger partial charge is 0.309 e. The number of benzene rings is 1. The summed E-state index contributed by atoms with van der Waals surface area (Å²) in [6.07, 6.45) is 3.43. The molecule has 0 bridgehead atoms. The Labute approximate surface area is 151 Å². The lowest BCUT2D eigenvalue weighted by atomic mass is 10.2. The minimum absolute atomic E-state index is 0.0115. The number of ether oxygens (including phenoxy) is 1. The molecule has 1 aliphatic heterocycles. The van der Waals surface area contributed by atoms with E-state index >= 15 is 0 Å². The van der Waals surface area contributed by atoms with Crippen LogP contribution < -0.4 is 10.3 Å². The first-order valence-corrected chi connectivity index (χ1v) is 8.07. The molecule has 0 saturated heterocycles. The van der Waals surface area contributed by atoms with Gasteiger partial charge in [-0.15, -0.1) is 5.10 Å². The number of carbonyl (C=O) groups excluding carboxylic acids is 2. The second-order valence-corrected chi connectivity index (χ2v) is 5.67. The van der Waals surface area contributed by atoms with Crippen molar-refractivity contribution in [3.05, 3.63) is 71.7 Å². The van der Waals surface area contributed by atoms with E-state index < -0.39 is 5.97 Å². The van der Waals surface area contributed by atoms with Crippen LogP contribution in [0.25, 0.3) is 0 Å². The molecule has 0 saturated carbocycles.